The summed E-state index contributed by atoms with van der Waals surface area (Å²) >= 11 is 0. The van der Waals surface area contributed by atoms with Gasteiger partial charge < -0.3 is 18.9 Å². The lowest BCUT2D eigenvalue weighted by Gasteiger charge is -2.36. The Morgan fingerprint density at radius 3 is 1.93 bits per heavy atom. The average molecular weight is 404 g/mol. The van der Waals surface area contributed by atoms with E-state index >= 15 is 0 Å². The van der Waals surface area contributed by atoms with Crippen molar-refractivity contribution < 1.29 is 23.7 Å². The normalized spacial score (nSPS) is 13.1. The molecular weight excluding hydrogens is 358 g/mol. The van der Waals surface area contributed by atoms with E-state index in [9.17, 15) is 4.79 Å². The van der Waals surface area contributed by atoms with Gasteiger partial charge in [0.05, 0.1) is 13.2 Å². The first-order valence-corrected chi connectivity index (χ1v) is 11.2. The Balaban J connectivity index is 5.01. The van der Waals surface area contributed by atoms with Gasteiger partial charge in [0.15, 0.2) is 0 Å². The summed E-state index contributed by atoms with van der Waals surface area (Å²) < 4.78 is 22.9. The molecule has 0 spiro atoms. The van der Waals surface area contributed by atoms with Gasteiger partial charge in [0.2, 0.25) is 0 Å². The van der Waals surface area contributed by atoms with E-state index in [2.05, 4.69) is 6.92 Å². The minimum Gasteiger partial charge on any atom is -0.465 e. The van der Waals surface area contributed by atoms with Gasteiger partial charge in [0.25, 0.3) is 5.97 Å². The van der Waals surface area contributed by atoms with Gasteiger partial charge in [-0.15, -0.1) is 0 Å². The predicted molar refractivity (Wildman–Crippen MR) is 113 cm³/mol. The smallest absolute Gasteiger partial charge is 0.320 e. The van der Waals surface area contributed by atoms with Crippen LogP contribution in [0.15, 0.2) is 0 Å². The van der Waals surface area contributed by atoms with Crippen molar-refractivity contribution in [1.82, 2.24) is 4.90 Å². The first kappa shape index (κ1) is 27.3. The number of ether oxygens (including phenoxy) is 4. The predicted octanol–water partition coefficient (Wildman–Crippen LogP) is 4.61. The summed E-state index contributed by atoms with van der Waals surface area (Å²) in [6, 6.07) is 0. The number of likely N-dealkylation sites (N-methyl/N-ethyl adjacent to an activating group) is 1. The highest BCUT2D eigenvalue weighted by Crippen LogP contribution is 2.29. The zero-order valence-electron chi connectivity index (χ0n) is 19.3. The summed E-state index contributed by atoms with van der Waals surface area (Å²) in [5.41, 5.74) is 0. The molecule has 0 aromatic carbocycles. The number of rotatable bonds is 19. The number of nitrogens with zero attached hydrogens (tertiary/aromatic N) is 1. The second-order valence-electron chi connectivity index (χ2n) is 7.26. The van der Waals surface area contributed by atoms with E-state index in [1.165, 1.54) is 32.1 Å². The second kappa shape index (κ2) is 17.2. The van der Waals surface area contributed by atoms with Crippen molar-refractivity contribution in [2.24, 2.45) is 5.92 Å². The third-order valence-electron chi connectivity index (χ3n) is 4.62. The monoisotopic (exact) mass is 403 g/mol. The molecule has 0 N–H and O–H groups in total. The third-order valence-corrected chi connectivity index (χ3v) is 4.62. The van der Waals surface area contributed by atoms with Crippen LogP contribution in [0, 0.1) is 5.92 Å². The Labute approximate surface area is 173 Å². The molecule has 0 rings (SSSR count). The van der Waals surface area contributed by atoms with E-state index in [1.807, 2.05) is 39.6 Å². The van der Waals surface area contributed by atoms with Gasteiger partial charge in [-0.05, 0) is 47.1 Å². The van der Waals surface area contributed by atoms with Gasteiger partial charge in [0, 0.05) is 32.8 Å². The number of hydrogen-bond donors (Lipinski definition) is 0. The Morgan fingerprint density at radius 2 is 1.43 bits per heavy atom. The van der Waals surface area contributed by atoms with Crippen LogP contribution in [0.3, 0.4) is 0 Å². The lowest BCUT2D eigenvalue weighted by atomic mass is 9.95. The SMILES string of the molecule is CCCCCCCC(CN(C)CC(=O)OCC)CC(OCC)(OCC)OCC. The molecule has 1 unspecified atom stereocenters. The van der Waals surface area contributed by atoms with Crippen LogP contribution in [0.4, 0.5) is 0 Å². The number of hydrogen-bond acceptors (Lipinski definition) is 6. The van der Waals surface area contributed by atoms with Gasteiger partial charge in [-0.25, -0.2) is 0 Å². The number of esters is 1. The van der Waals surface area contributed by atoms with Crippen LogP contribution in [0.5, 0.6) is 0 Å². The fourth-order valence-corrected chi connectivity index (χ4v) is 3.54. The molecule has 0 heterocycles. The maximum Gasteiger partial charge on any atom is 0.320 e. The van der Waals surface area contributed by atoms with Crippen LogP contribution in [-0.4, -0.2) is 63.4 Å². The molecule has 0 aromatic rings. The standard InChI is InChI=1S/C22H45NO5/c1-7-12-13-14-15-16-20(18-23(6)19-21(24)25-8-2)17-22(26-9-3,27-10-4)28-11-5/h20H,7-19H2,1-6H3. The molecule has 0 aliphatic heterocycles. The van der Waals surface area contributed by atoms with Gasteiger partial charge in [-0.2, -0.15) is 0 Å². The zero-order chi connectivity index (χ0) is 21.3. The molecule has 6 nitrogen and oxygen atoms in total. The molecule has 0 saturated heterocycles. The van der Waals surface area contributed by atoms with Crippen LogP contribution in [0.25, 0.3) is 0 Å². The molecule has 0 fully saturated rings. The first-order valence-electron chi connectivity index (χ1n) is 11.2. The van der Waals surface area contributed by atoms with Crippen LogP contribution >= 0.6 is 0 Å². The first-order chi connectivity index (χ1) is 13.5. The molecule has 28 heavy (non-hydrogen) atoms. The van der Waals surface area contributed by atoms with Gasteiger partial charge in [0.1, 0.15) is 0 Å². The molecule has 0 saturated carbocycles. The van der Waals surface area contributed by atoms with E-state index in [1.54, 1.807) is 0 Å². The fraction of sp³-hybridized carbons (Fsp3) is 0.955. The van der Waals surface area contributed by atoms with Crippen LogP contribution in [0.1, 0.15) is 79.6 Å². The number of unbranched alkanes of at least 4 members (excludes halogenated alkanes) is 4. The molecule has 0 bridgehead atoms. The molecule has 0 aliphatic rings. The Bertz CT molecular complexity index is 361. The lowest BCUT2D eigenvalue weighted by molar-refractivity contribution is -0.384. The van der Waals surface area contributed by atoms with Crippen LogP contribution in [-0.2, 0) is 23.7 Å². The topological polar surface area (TPSA) is 57.2 Å². The van der Waals surface area contributed by atoms with E-state index < -0.39 is 5.97 Å². The second-order valence-corrected chi connectivity index (χ2v) is 7.26. The van der Waals surface area contributed by atoms with Gasteiger partial charge in [-0.3, -0.25) is 9.69 Å². The molecule has 6 heteroatoms. The van der Waals surface area contributed by atoms with Crippen molar-refractivity contribution in [3.05, 3.63) is 0 Å². The highest BCUT2D eigenvalue weighted by Gasteiger charge is 2.36. The molecule has 168 valence electrons. The summed E-state index contributed by atoms with van der Waals surface area (Å²) in [4.78, 5) is 13.9. The molecular formula is C22H45NO5. The summed E-state index contributed by atoms with van der Waals surface area (Å²) in [6.45, 7) is 13.0. The maximum atomic E-state index is 11.8. The molecule has 0 radical (unpaired) electrons. The molecule has 0 aliphatic carbocycles. The van der Waals surface area contributed by atoms with E-state index in [0.717, 1.165) is 13.0 Å². The average Bonchev–Trinajstić information content (AvgIpc) is 2.62. The van der Waals surface area contributed by atoms with Crippen molar-refractivity contribution in [2.45, 2.75) is 85.5 Å². The van der Waals surface area contributed by atoms with E-state index in [0.29, 0.717) is 45.3 Å². The third kappa shape index (κ3) is 12.7. The van der Waals surface area contributed by atoms with Crippen molar-refractivity contribution >= 4 is 5.97 Å². The molecule has 0 aromatic heterocycles. The van der Waals surface area contributed by atoms with E-state index in [4.69, 9.17) is 18.9 Å². The Morgan fingerprint density at radius 1 is 0.857 bits per heavy atom. The van der Waals surface area contributed by atoms with Crippen molar-refractivity contribution in [2.75, 3.05) is 46.6 Å². The van der Waals surface area contributed by atoms with Gasteiger partial charge in [-0.1, -0.05) is 39.0 Å². The summed E-state index contributed by atoms with van der Waals surface area (Å²) in [5.74, 6) is -0.875. The Kier molecular flexibility index (Phi) is 16.8. The van der Waals surface area contributed by atoms with Crippen molar-refractivity contribution in [3.63, 3.8) is 0 Å². The van der Waals surface area contributed by atoms with Crippen molar-refractivity contribution in [1.29, 1.82) is 0 Å². The minimum absolute atomic E-state index is 0.183. The van der Waals surface area contributed by atoms with Crippen molar-refractivity contribution in [3.8, 4) is 0 Å². The number of carbonyl (C=O) groups excluding carboxylic acids is 1. The largest absolute Gasteiger partial charge is 0.465 e. The highest BCUT2D eigenvalue weighted by atomic mass is 16.9. The highest BCUT2D eigenvalue weighted by molar-refractivity contribution is 5.71. The summed E-state index contributed by atoms with van der Waals surface area (Å²) in [5, 5.41) is 0. The zero-order valence-corrected chi connectivity index (χ0v) is 19.3. The Hall–Kier alpha value is -0.690. The van der Waals surface area contributed by atoms with Gasteiger partial charge >= 0.3 is 5.97 Å². The maximum absolute atomic E-state index is 11.8. The fourth-order valence-electron chi connectivity index (χ4n) is 3.54. The van der Waals surface area contributed by atoms with Crippen LogP contribution < -0.4 is 0 Å². The van der Waals surface area contributed by atoms with E-state index in [-0.39, 0.29) is 5.97 Å². The quantitative estimate of drug-likeness (QED) is 0.178. The summed E-state index contributed by atoms with van der Waals surface area (Å²) in [7, 11) is 1.96. The lowest BCUT2D eigenvalue weighted by Crippen LogP contribution is -2.43. The van der Waals surface area contributed by atoms with Crippen LogP contribution in [0.2, 0.25) is 0 Å². The summed E-state index contributed by atoms with van der Waals surface area (Å²) in [6.07, 6.45) is 7.92. The molecule has 1 atom stereocenters. The molecule has 0 amide bonds. The minimum atomic E-state index is -1.00. The number of carbonyl (C=O) groups is 1.